The second kappa shape index (κ2) is 4.28. The molecular formula is C10H19NO3. The van der Waals surface area contributed by atoms with Crippen LogP contribution >= 0.6 is 0 Å². The van der Waals surface area contributed by atoms with Crippen LogP contribution in [0.15, 0.2) is 0 Å². The molecule has 4 nitrogen and oxygen atoms in total. The van der Waals surface area contributed by atoms with Crippen molar-refractivity contribution < 1.29 is 15.0 Å². The van der Waals surface area contributed by atoms with Crippen LogP contribution in [-0.2, 0) is 4.79 Å². The average molecular weight is 201 g/mol. The minimum absolute atomic E-state index is 0.345. The molecule has 0 bridgehead atoms. The van der Waals surface area contributed by atoms with Gasteiger partial charge in [-0.1, -0.05) is 0 Å². The lowest BCUT2D eigenvalue weighted by molar-refractivity contribution is -0.158. The molecule has 0 spiro atoms. The van der Waals surface area contributed by atoms with Gasteiger partial charge in [0.25, 0.3) is 0 Å². The van der Waals surface area contributed by atoms with Crippen LogP contribution < -0.4 is 0 Å². The molecule has 82 valence electrons. The normalized spacial score (nSPS) is 24.5. The topological polar surface area (TPSA) is 60.8 Å². The fraction of sp³-hybridized carbons (Fsp3) is 0.900. The lowest BCUT2D eigenvalue weighted by atomic mass is 9.85. The molecule has 1 aliphatic rings. The van der Waals surface area contributed by atoms with E-state index in [9.17, 15) is 9.90 Å². The highest BCUT2D eigenvalue weighted by atomic mass is 16.4. The van der Waals surface area contributed by atoms with Gasteiger partial charge in [-0.15, -0.1) is 0 Å². The minimum atomic E-state index is -1.55. The van der Waals surface area contributed by atoms with E-state index in [1.165, 1.54) is 6.92 Å². The summed E-state index contributed by atoms with van der Waals surface area (Å²) in [7, 11) is 2.06. The van der Waals surface area contributed by atoms with Crippen molar-refractivity contribution in [2.24, 2.45) is 5.92 Å². The molecule has 14 heavy (non-hydrogen) atoms. The van der Waals surface area contributed by atoms with Crippen molar-refractivity contribution in [1.82, 2.24) is 4.90 Å². The lowest BCUT2D eigenvalue weighted by Crippen LogP contribution is -2.40. The Kier molecular flexibility index (Phi) is 3.50. The molecule has 1 aliphatic heterocycles. The highest BCUT2D eigenvalue weighted by molar-refractivity contribution is 5.76. The van der Waals surface area contributed by atoms with Gasteiger partial charge < -0.3 is 15.1 Å². The first kappa shape index (κ1) is 11.5. The molecular weight excluding hydrogens is 182 g/mol. The monoisotopic (exact) mass is 201 g/mol. The van der Waals surface area contributed by atoms with Crippen LogP contribution in [0.1, 0.15) is 26.2 Å². The molecule has 1 atom stereocenters. The van der Waals surface area contributed by atoms with E-state index >= 15 is 0 Å². The van der Waals surface area contributed by atoms with E-state index in [4.69, 9.17) is 5.11 Å². The van der Waals surface area contributed by atoms with E-state index < -0.39 is 11.6 Å². The maximum Gasteiger partial charge on any atom is 0.335 e. The van der Waals surface area contributed by atoms with Gasteiger partial charge in [-0.05, 0) is 52.2 Å². The smallest absolute Gasteiger partial charge is 0.335 e. The van der Waals surface area contributed by atoms with Gasteiger partial charge in [-0.2, -0.15) is 0 Å². The first-order valence-electron chi connectivity index (χ1n) is 5.06. The van der Waals surface area contributed by atoms with Crippen molar-refractivity contribution in [3.63, 3.8) is 0 Å². The molecule has 0 saturated carbocycles. The van der Waals surface area contributed by atoms with Gasteiger partial charge in [0.2, 0.25) is 0 Å². The van der Waals surface area contributed by atoms with Gasteiger partial charge in [0.1, 0.15) is 0 Å². The van der Waals surface area contributed by atoms with Crippen LogP contribution in [0, 0.1) is 5.92 Å². The first-order chi connectivity index (χ1) is 6.42. The van der Waals surface area contributed by atoms with Crippen molar-refractivity contribution >= 4 is 5.97 Å². The quantitative estimate of drug-likeness (QED) is 0.700. The van der Waals surface area contributed by atoms with Crippen molar-refractivity contribution in [3.8, 4) is 0 Å². The number of piperidine rings is 1. The van der Waals surface area contributed by atoms with Gasteiger partial charge in [0, 0.05) is 0 Å². The Labute approximate surface area is 84.5 Å². The van der Waals surface area contributed by atoms with Crippen molar-refractivity contribution in [1.29, 1.82) is 0 Å². The summed E-state index contributed by atoms with van der Waals surface area (Å²) in [5.74, 6) is -0.770. The molecule has 0 amide bonds. The van der Waals surface area contributed by atoms with Crippen molar-refractivity contribution in [3.05, 3.63) is 0 Å². The third kappa shape index (κ3) is 2.96. The Morgan fingerprint density at radius 3 is 2.43 bits per heavy atom. The highest BCUT2D eigenvalue weighted by Gasteiger charge is 2.33. The molecule has 0 aromatic rings. The Bertz CT molecular complexity index is 207. The summed E-state index contributed by atoms with van der Waals surface area (Å²) in [6, 6.07) is 0. The van der Waals surface area contributed by atoms with Gasteiger partial charge in [-0.3, -0.25) is 0 Å². The van der Waals surface area contributed by atoms with Crippen LogP contribution in [0.3, 0.4) is 0 Å². The van der Waals surface area contributed by atoms with E-state index in [2.05, 4.69) is 11.9 Å². The number of rotatable bonds is 3. The molecule has 1 fully saturated rings. The molecule has 0 radical (unpaired) electrons. The molecule has 1 heterocycles. The third-order valence-electron chi connectivity index (χ3n) is 2.99. The maximum absolute atomic E-state index is 10.7. The number of aliphatic carboxylic acids is 1. The molecule has 1 unspecified atom stereocenters. The van der Waals surface area contributed by atoms with E-state index in [1.807, 2.05) is 0 Å². The number of likely N-dealkylation sites (tertiary alicyclic amines) is 1. The molecule has 1 rings (SSSR count). The van der Waals surface area contributed by atoms with Crippen LogP contribution in [0.2, 0.25) is 0 Å². The van der Waals surface area contributed by atoms with Crippen LogP contribution in [0.5, 0.6) is 0 Å². The van der Waals surface area contributed by atoms with Crippen LogP contribution in [0.25, 0.3) is 0 Å². The Balaban J connectivity index is 2.41. The summed E-state index contributed by atoms with van der Waals surface area (Å²) in [4.78, 5) is 12.9. The zero-order valence-corrected chi connectivity index (χ0v) is 8.86. The summed E-state index contributed by atoms with van der Waals surface area (Å²) in [6.07, 6.45) is 2.34. The Morgan fingerprint density at radius 2 is 2.00 bits per heavy atom. The SMILES string of the molecule is CN1CCC(CC(C)(O)C(=O)O)CC1. The number of hydrogen-bond donors (Lipinski definition) is 2. The number of hydrogen-bond acceptors (Lipinski definition) is 3. The van der Waals surface area contributed by atoms with E-state index in [0.717, 1.165) is 25.9 Å². The number of carboxylic acid groups (broad SMARTS) is 1. The zero-order valence-electron chi connectivity index (χ0n) is 8.86. The first-order valence-corrected chi connectivity index (χ1v) is 5.06. The largest absolute Gasteiger partial charge is 0.479 e. The number of carbonyl (C=O) groups is 1. The number of nitrogens with zero attached hydrogens (tertiary/aromatic N) is 1. The summed E-state index contributed by atoms with van der Waals surface area (Å²) in [5.41, 5.74) is -1.55. The van der Waals surface area contributed by atoms with Gasteiger partial charge in [0.05, 0.1) is 0 Å². The average Bonchev–Trinajstić information content (AvgIpc) is 2.08. The number of aliphatic hydroxyl groups is 1. The predicted molar refractivity (Wildman–Crippen MR) is 53.1 cm³/mol. The molecule has 2 N–H and O–H groups in total. The maximum atomic E-state index is 10.7. The lowest BCUT2D eigenvalue weighted by Gasteiger charge is -2.32. The molecule has 0 aromatic carbocycles. The molecule has 0 aromatic heterocycles. The predicted octanol–water partition coefficient (Wildman–Crippen LogP) is 0.554. The summed E-state index contributed by atoms with van der Waals surface area (Å²) in [6.45, 7) is 3.38. The molecule has 4 heteroatoms. The second-order valence-corrected chi connectivity index (χ2v) is 4.53. The van der Waals surface area contributed by atoms with Gasteiger partial charge >= 0.3 is 5.97 Å². The number of carboxylic acids is 1. The van der Waals surface area contributed by atoms with Crippen molar-refractivity contribution in [2.45, 2.75) is 31.8 Å². The van der Waals surface area contributed by atoms with Crippen LogP contribution in [-0.4, -0.2) is 46.8 Å². The van der Waals surface area contributed by atoms with Crippen LogP contribution in [0.4, 0.5) is 0 Å². The summed E-state index contributed by atoms with van der Waals surface area (Å²) >= 11 is 0. The highest BCUT2D eigenvalue weighted by Crippen LogP contribution is 2.25. The fourth-order valence-electron chi connectivity index (χ4n) is 1.92. The summed E-state index contributed by atoms with van der Waals surface area (Å²) in [5, 5.41) is 18.4. The van der Waals surface area contributed by atoms with Crippen molar-refractivity contribution in [2.75, 3.05) is 20.1 Å². The van der Waals surface area contributed by atoms with E-state index in [-0.39, 0.29) is 0 Å². The molecule has 0 aliphatic carbocycles. The third-order valence-corrected chi connectivity index (χ3v) is 2.99. The second-order valence-electron chi connectivity index (χ2n) is 4.53. The van der Waals surface area contributed by atoms with E-state index in [0.29, 0.717) is 12.3 Å². The van der Waals surface area contributed by atoms with Gasteiger partial charge in [0.15, 0.2) is 5.60 Å². The zero-order chi connectivity index (χ0) is 10.8. The minimum Gasteiger partial charge on any atom is -0.479 e. The Morgan fingerprint density at radius 1 is 1.50 bits per heavy atom. The Hall–Kier alpha value is -0.610. The molecule has 1 saturated heterocycles. The van der Waals surface area contributed by atoms with E-state index in [1.54, 1.807) is 0 Å². The summed E-state index contributed by atoms with van der Waals surface area (Å²) < 4.78 is 0. The standard InChI is InChI=1S/C10H19NO3/c1-10(14,9(12)13)7-8-3-5-11(2)6-4-8/h8,14H,3-7H2,1-2H3,(H,12,13). The fourth-order valence-corrected chi connectivity index (χ4v) is 1.92. The van der Waals surface area contributed by atoms with Gasteiger partial charge in [-0.25, -0.2) is 4.79 Å².